The van der Waals surface area contributed by atoms with Gasteiger partial charge in [-0.2, -0.15) is 0 Å². The number of likely N-dealkylation sites (tertiary alicyclic amines) is 1. The van der Waals surface area contributed by atoms with Crippen molar-refractivity contribution >= 4 is 21.4 Å². The SMILES string of the molecule is O=S(=O)(c1ccc(Cl)cc1)C(c1ccc(CN2CCCCC2)cn1)c1cc(F)ccc1F. The van der Waals surface area contributed by atoms with Gasteiger partial charge >= 0.3 is 0 Å². The Hall–Kier alpha value is -2.35. The molecule has 1 aliphatic rings. The molecule has 0 N–H and O–H groups in total. The fraction of sp³-hybridized carbons (Fsp3) is 0.292. The smallest absolute Gasteiger partial charge is 0.191 e. The number of pyridine rings is 1. The van der Waals surface area contributed by atoms with Gasteiger partial charge in [0.1, 0.15) is 16.9 Å². The first-order valence-electron chi connectivity index (χ1n) is 10.5. The van der Waals surface area contributed by atoms with Gasteiger partial charge in [-0.25, -0.2) is 17.2 Å². The highest BCUT2D eigenvalue weighted by molar-refractivity contribution is 7.91. The van der Waals surface area contributed by atoms with Gasteiger partial charge in [-0.3, -0.25) is 9.88 Å². The molecule has 0 saturated carbocycles. The van der Waals surface area contributed by atoms with Crippen molar-refractivity contribution in [3.8, 4) is 0 Å². The molecule has 0 aliphatic carbocycles. The third-order valence-electron chi connectivity index (χ3n) is 5.66. The maximum atomic E-state index is 14.7. The molecule has 2 aromatic carbocycles. The van der Waals surface area contributed by atoms with E-state index in [1.54, 1.807) is 18.3 Å². The molecule has 1 atom stereocenters. The molecule has 2 heterocycles. The van der Waals surface area contributed by atoms with E-state index in [1.807, 2.05) is 0 Å². The van der Waals surface area contributed by atoms with Crippen LogP contribution in [0.3, 0.4) is 0 Å². The van der Waals surface area contributed by atoms with Gasteiger partial charge in [0.2, 0.25) is 0 Å². The molecule has 4 rings (SSSR count). The second kappa shape index (κ2) is 9.65. The van der Waals surface area contributed by atoms with Gasteiger partial charge in [-0.1, -0.05) is 24.1 Å². The standard InChI is InChI=1S/C24H23ClF2N2O2S/c25-18-5-8-20(9-6-18)32(30,31)24(21-14-19(26)7-10-22(21)27)23-11-4-17(15-28-23)16-29-12-2-1-3-13-29/h4-11,14-15,24H,1-3,12-13,16H2. The summed E-state index contributed by atoms with van der Waals surface area (Å²) in [5, 5.41) is -1.12. The Balaban J connectivity index is 1.74. The van der Waals surface area contributed by atoms with Crippen molar-refractivity contribution < 1.29 is 17.2 Å². The summed E-state index contributed by atoms with van der Waals surface area (Å²) in [7, 11) is -4.14. The summed E-state index contributed by atoms with van der Waals surface area (Å²) >= 11 is 5.90. The predicted octanol–water partition coefficient (Wildman–Crippen LogP) is 5.56. The van der Waals surface area contributed by atoms with Crippen LogP contribution in [0.15, 0.2) is 65.7 Å². The summed E-state index contributed by atoms with van der Waals surface area (Å²) in [6.07, 6.45) is 5.17. The highest BCUT2D eigenvalue weighted by Gasteiger charge is 2.34. The van der Waals surface area contributed by atoms with Crippen LogP contribution in [0.25, 0.3) is 0 Å². The minimum absolute atomic E-state index is 0.0465. The number of sulfone groups is 1. The number of aromatic nitrogens is 1. The van der Waals surface area contributed by atoms with Gasteiger partial charge in [0.15, 0.2) is 9.84 Å². The number of benzene rings is 2. The minimum atomic E-state index is -4.14. The average Bonchev–Trinajstić information content (AvgIpc) is 2.78. The van der Waals surface area contributed by atoms with E-state index in [2.05, 4.69) is 9.88 Å². The number of nitrogens with zero attached hydrogens (tertiary/aromatic N) is 2. The van der Waals surface area contributed by atoms with Crippen LogP contribution in [0.4, 0.5) is 8.78 Å². The Morgan fingerprint density at radius 1 is 0.969 bits per heavy atom. The maximum Gasteiger partial charge on any atom is 0.191 e. The van der Waals surface area contributed by atoms with E-state index >= 15 is 0 Å². The molecule has 168 valence electrons. The Kier molecular flexibility index (Phi) is 6.88. The molecular formula is C24H23ClF2N2O2S. The molecule has 4 nitrogen and oxygen atoms in total. The summed E-state index contributed by atoms with van der Waals surface area (Å²) in [6.45, 7) is 2.75. The van der Waals surface area contributed by atoms with E-state index in [1.165, 1.54) is 30.7 Å². The zero-order chi connectivity index (χ0) is 22.7. The van der Waals surface area contributed by atoms with Gasteiger partial charge in [-0.15, -0.1) is 0 Å². The van der Waals surface area contributed by atoms with E-state index in [4.69, 9.17) is 11.6 Å². The second-order valence-corrected chi connectivity index (χ2v) is 10.4. The lowest BCUT2D eigenvalue weighted by Crippen LogP contribution is -2.29. The molecule has 3 aromatic rings. The van der Waals surface area contributed by atoms with Crippen LogP contribution in [0.1, 0.15) is 41.3 Å². The molecular weight excluding hydrogens is 454 g/mol. The van der Waals surface area contributed by atoms with Crippen molar-refractivity contribution in [2.45, 2.75) is 36.0 Å². The molecule has 0 amide bonds. The van der Waals surface area contributed by atoms with Gasteiger partial charge < -0.3 is 0 Å². The van der Waals surface area contributed by atoms with Crippen molar-refractivity contribution in [2.75, 3.05) is 13.1 Å². The molecule has 0 bridgehead atoms. The first-order valence-corrected chi connectivity index (χ1v) is 12.4. The van der Waals surface area contributed by atoms with Crippen molar-refractivity contribution in [1.82, 2.24) is 9.88 Å². The summed E-state index contributed by atoms with van der Waals surface area (Å²) in [4.78, 5) is 6.66. The Bertz CT molecular complexity index is 1180. The number of halogens is 3. The third-order valence-corrected chi connectivity index (χ3v) is 7.96. The Morgan fingerprint density at radius 3 is 2.34 bits per heavy atom. The molecule has 1 aliphatic heterocycles. The van der Waals surface area contributed by atoms with E-state index in [0.29, 0.717) is 5.02 Å². The van der Waals surface area contributed by atoms with Crippen LogP contribution in [-0.2, 0) is 16.4 Å². The number of hydrogen-bond donors (Lipinski definition) is 0. The first kappa shape index (κ1) is 22.8. The maximum absolute atomic E-state index is 14.7. The lowest BCUT2D eigenvalue weighted by Gasteiger charge is -2.26. The summed E-state index contributed by atoms with van der Waals surface area (Å²) < 4.78 is 55.8. The number of piperidine rings is 1. The fourth-order valence-electron chi connectivity index (χ4n) is 4.02. The molecule has 1 unspecified atom stereocenters. The van der Waals surface area contributed by atoms with Gasteiger partial charge in [0.25, 0.3) is 0 Å². The minimum Gasteiger partial charge on any atom is -0.299 e. The van der Waals surface area contributed by atoms with Crippen molar-refractivity contribution in [3.63, 3.8) is 0 Å². The Morgan fingerprint density at radius 2 is 1.69 bits per heavy atom. The van der Waals surface area contributed by atoms with Crippen molar-refractivity contribution in [1.29, 1.82) is 0 Å². The van der Waals surface area contributed by atoms with Crippen LogP contribution in [0.2, 0.25) is 5.02 Å². The summed E-state index contributed by atoms with van der Waals surface area (Å²) in [5.74, 6) is -1.53. The van der Waals surface area contributed by atoms with Crippen molar-refractivity contribution in [3.05, 3.63) is 94.3 Å². The fourth-order valence-corrected chi connectivity index (χ4v) is 5.91. The first-order chi connectivity index (χ1) is 15.3. The largest absolute Gasteiger partial charge is 0.299 e. The highest BCUT2D eigenvalue weighted by atomic mass is 35.5. The molecule has 8 heteroatoms. The van der Waals surface area contributed by atoms with Gasteiger partial charge in [0.05, 0.1) is 10.6 Å². The molecule has 1 aromatic heterocycles. The molecule has 0 spiro atoms. The average molecular weight is 477 g/mol. The zero-order valence-electron chi connectivity index (χ0n) is 17.3. The monoisotopic (exact) mass is 476 g/mol. The predicted molar refractivity (Wildman–Crippen MR) is 120 cm³/mol. The van der Waals surface area contributed by atoms with E-state index in [9.17, 15) is 17.2 Å². The van der Waals surface area contributed by atoms with E-state index < -0.39 is 26.7 Å². The molecule has 0 radical (unpaired) electrons. The van der Waals surface area contributed by atoms with Crippen molar-refractivity contribution in [2.24, 2.45) is 0 Å². The normalized spacial score (nSPS) is 16.1. The van der Waals surface area contributed by atoms with Gasteiger partial charge in [0, 0.05) is 23.3 Å². The number of rotatable bonds is 6. The second-order valence-electron chi connectivity index (χ2n) is 7.97. The van der Waals surface area contributed by atoms with E-state index in [0.717, 1.165) is 56.2 Å². The molecule has 1 saturated heterocycles. The topological polar surface area (TPSA) is 50.3 Å². The van der Waals surface area contributed by atoms with Crippen LogP contribution in [0, 0.1) is 11.6 Å². The van der Waals surface area contributed by atoms with Crippen LogP contribution >= 0.6 is 11.6 Å². The lowest BCUT2D eigenvalue weighted by atomic mass is 10.1. The third kappa shape index (κ3) is 5.00. The highest BCUT2D eigenvalue weighted by Crippen LogP contribution is 2.36. The quantitative estimate of drug-likeness (QED) is 0.467. The molecule has 32 heavy (non-hydrogen) atoms. The number of hydrogen-bond acceptors (Lipinski definition) is 4. The van der Waals surface area contributed by atoms with E-state index in [-0.39, 0.29) is 16.2 Å². The van der Waals surface area contributed by atoms with Gasteiger partial charge in [-0.05, 0) is 80.0 Å². The van der Waals surface area contributed by atoms with Crippen LogP contribution in [-0.4, -0.2) is 31.4 Å². The zero-order valence-corrected chi connectivity index (χ0v) is 18.9. The molecule has 1 fully saturated rings. The van der Waals surface area contributed by atoms with Crippen LogP contribution in [0.5, 0.6) is 0 Å². The van der Waals surface area contributed by atoms with Crippen LogP contribution < -0.4 is 0 Å². The summed E-state index contributed by atoms with van der Waals surface area (Å²) in [5.41, 5.74) is 0.793. The lowest BCUT2D eigenvalue weighted by molar-refractivity contribution is 0.220. The summed E-state index contributed by atoms with van der Waals surface area (Å²) in [6, 6.07) is 11.8. The Labute approximate surface area is 191 Å².